The molecule has 0 bridgehead atoms. The maximum Gasteiger partial charge on any atom is 0.412 e. The minimum Gasteiger partial charge on any atom is -0.444 e. The number of likely N-dealkylation sites (tertiary alicyclic amines) is 1. The smallest absolute Gasteiger partial charge is 0.412 e. The minimum atomic E-state index is -0.309. The standard InChI is InChI=1S/C14H17NO4/c16-14(19-8-11-4-2-1-3-5-11)15-7-6-13(15)18-10-12-9-17-12/h1-5,12-13H,6-10H2. The number of benzene rings is 1. The summed E-state index contributed by atoms with van der Waals surface area (Å²) in [6.45, 7) is 2.33. The lowest BCUT2D eigenvalue weighted by molar-refractivity contribution is -0.112. The van der Waals surface area contributed by atoms with E-state index in [-0.39, 0.29) is 18.4 Å². The Morgan fingerprint density at radius 2 is 2.16 bits per heavy atom. The summed E-state index contributed by atoms with van der Waals surface area (Å²) >= 11 is 0. The van der Waals surface area contributed by atoms with Gasteiger partial charge in [-0.3, -0.25) is 4.90 Å². The van der Waals surface area contributed by atoms with E-state index in [1.165, 1.54) is 0 Å². The molecule has 5 nitrogen and oxygen atoms in total. The van der Waals surface area contributed by atoms with Crippen LogP contribution in [-0.4, -0.2) is 43.1 Å². The first-order chi connectivity index (χ1) is 9.33. The van der Waals surface area contributed by atoms with Crippen molar-refractivity contribution in [3.05, 3.63) is 35.9 Å². The summed E-state index contributed by atoms with van der Waals surface area (Å²) in [6.07, 6.45) is 0.639. The Kier molecular flexibility index (Phi) is 3.66. The summed E-state index contributed by atoms with van der Waals surface area (Å²) in [7, 11) is 0. The normalized spacial score (nSPS) is 24.7. The van der Waals surface area contributed by atoms with Crippen molar-refractivity contribution in [2.24, 2.45) is 0 Å². The molecule has 19 heavy (non-hydrogen) atoms. The van der Waals surface area contributed by atoms with Crippen LogP contribution in [0.15, 0.2) is 30.3 Å². The number of ether oxygens (including phenoxy) is 3. The van der Waals surface area contributed by atoms with Crippen molar-refractivity contribution in [1.82, 2.24) is 4.90 Å². The molecule has 0 aliphatic carbocycles. The first kappa shape index (κ1) is 12.4. The molecule has 5 heteroatoms. The van der Waals surface area contributed by atoms with E-state index in [4.69, 9.17) is 14.2 Å². The van der Waals surface area contributed by atoms with Crippen LogP contribution in [0.5, 0.6) is 0 Å². The molecule has 0 N–H and O–H groups in total. The van der Waals surface area contributed by atoms with E-state index in [1.54, 1.807) is 4.90 Å². The quantitative estimate of drug-likeness (QED) is 0.760. The molecule has 1 aromatic carbocycles. The van der Waals surface area contributed by atoms with Crippen molar-refractivity contribution in [2.45, 2.75) is 25.4 Å². The van der Waals surface area contributed by atoms with E-state index < -0.39 is 0 Å². The lowest BCUT2D eigenvalue weighted by Gasteiger charge is -2.39. The Balaban J connectivity index is 1.42. The molecule has 2 unspecified atom stereocenters. The Labute approximate surface area is 112 Å². The van der Waals surface area contributed by atoms with Gasteiger partial charge in [-0.15, -0.1) is 0 Å². The zero-order chi connectivity index (χ0) is 13.1. The average molecular weight is 263 g/mol. The molecule has 2 atom stereocenters. The van der Waals surface area contributed by atoms with Crippen molar-refractivity contribution in [1.29, 1.82) is 0 Å². The maximum absolute atomic E-state index is 11.9. The molecule has 2 saturated heterocycles. The molecule has 1 aromatic rings. The third-order valence-corrected chi connectivity index (χ3v) is 3.28. The summed E-state index contributed by atoms with van der Waals surface area (Å²) < 4.78 is 15.9. The lowest BCUT2D eigenvalue weighted by atomic mass is 10.2. The minimum absolute atomic E-state index is 0.146. The third kappa shape index (κ3) is 3.24. The van der Waals surface area contributed by atoms with Gasteiger partial charge in [-0.2, -0.15) is 0 Å². The highest BCUT2D eigenvalue weighted by molar-refractivity contribution is 5.68. The second kappa shape index (κ2) is 5.59. The lowest BCUT2D eigenvalue weighted by Crippen LogP contribution is -2.52. The van der Waals surface area contributed by atoms with Crippen molar-refractivity contribution in [3.63, 3.8) is 0 Å². The number of nitrogens with zero attached hydrogens (tertiary/aromatic N) is 1. The molecule has 3 rings (SSSR count). The van der Waals surface area contributed by atoms with E-state index >= 15 is 0 Å². The van der Waals surface area contributed by atoms with E-state index in [9.17, 15) is 4.79 Å². The van der Waals surface area contributed by atoms with Crippen molar-refractivity contribution >= 4 is 6.09 Å². The van der Waals surface area contributed by atoms with Gasteiger partial charge in [0, 0.05) is 13.0 Å². The van der Waals surface area contributed by atoms with E-state index in [0.717, 1.165) is 18.6 Å². The van der Waals surface area contributed by atoms with Gasteiger partial charge in [0.2, 0.25) is 0 Å². The Morgan fingerprint density at radius 1 is 1.37 bits per heavy atom. The van der Waals surface area contributed by atoms with Gasteiger partial charge in [-0.1, -0.05) is 30.3 Å². The number of carbonyl (C=O) groups is 1. The van der Waals surface area contributed by atoms with Gasteiger partial charge in [-0.25, -0.2) is 4.79 Å². The summed E-state index contributed by atoms with van der Waals surface area (Å²) in [5, 5.41) is 0. The van der Waals surface area contributed by atoms with Crippen LogP contribution in [0.4, 0.5) is 4.79 Å². The highest BCUT2D eigenvalue weighted by atomic mass is 16.6. The molecular weight excluding hydrogens is 246 g/mol. The fourth-order valence-corrected chi connectivity index (χ4v) is 1.93. The predicted molar refractivity (Wildman–Crippen MR) is 67.4 cm³/mol. The van der Waals surface area contributed by atoms with Crippen molar-refractivity contribution in [2.75, 3.05) is 19.8 Å². The van der Waals surface area contributed by atoms with Crippen LogP contribution in [0.2, 0.25) is 0 Å². The molecular formula is C14H17NO4. The first-order valence-corrected chi connectivity index (χ1v) is 6.53. The van der Waals surface area contributed by atoms with Crippen LogP contribution in [0.3, 0.4) is 0 Å². The van der Waals surface area contributed by atoms with Gasteiger partial charge in [0.05, 0.1) is 13.2 Å². The highest BCUT2D eigenvalue weighted by Gasteiger charge is 2.36. The second-order valence-electron chi connectivity index (χ2n) is 4.77. The fourth-order valence-electron chi connectivity index (χ4n) is 1.93. The zero-order valence-corrected chi connectivity index (χ0v) is 10.7. The fraction of sp³-hybridized carbons (Fsp3) is 0.500. The number of carbonyl (C=O) groups excluding carboxylic acids is 1. The SMILES string of the molecule is O=C(OCc1ccccc1)N1CCC1OCC1CO1. The molecule has 0 spiro atoms. The Morgan fingerprint density at radius 3 is 2.79 bits per heavy atom. The largest absolute Gasteiger partial charge is 0.444 e. The van der Waals surface area contributed by atoms with Gasteiger partial charge >= 0.3 is 6.09 Å². The van der Waals surface area contributed by atoms with Crippen molar-refractivity contribution < 1.29 is 19.0 Å². The number of hydrogen-bond donors (Lipinski definition) is 0. The van der Waals surface area contributed by atoms with Crippen molar-refractivity contribution in [3.8, 4) is 0 Å². The number of epoxide rings is 1. The summed E-state index contributed by atoms with van der Waals surface area (Å²) in [5.41, 5.74) is 0.986. The van der Waals surface area contributed by atoms with Crippen LogP contribution in [0, 0.1) is 0 Å². The summed E-state index contributed by atoms with van der Waals surface area (Å²) in [4.78, 5) is 13.5. The topological polar surface area (TPSA) is 51.3 Å². The average Bonchev–Trinajstić information content (AvgIpc) is 3.21. The molecule has 2 fully saturated rings. The van der Waals surface area contributed by atoms with Gasteiger partial charge < -0.3 is 14.2 Å². The Hall–Kier alpha value is -1.59. The van der Waals surface area contributed by atoms with Gasteiger partial charge in [0.15, 0.2) is 0 Å². The number of rotatable bonds is 5. The molecule has 0 radical (unpaired) electrons. The molecule has 102 valence electrons. The van der Waals surface area contributed by atoms with E-state index in [1.807, 2.05) is 30.3 Å². The van der Waals surface area contributed by atoms with Crippen LogP contribution < -0.4 is 0 Å². The van der Waals surface area contributed by atoms with E-state index in [0.29, 0.717) is 19.8 Å². The van der Waals surface area contributed by atoms with Crippen LogP contribution >= 0.6 is 0 Å². The molecule has 0 aromatic heterocycles. The van der Waals surface area contributed by atoms with Crippen LogP contribution in [0.1, 0.15) is 12.0 Å². The predicted octanol–water partition coefficient (Wildman–Crippen LogP) is 1.77. The summed E-state index contributed by atoms with van der Waals surface area (Å²) in [5.74, 6) is 0. The zero-order valence-electron chi connectivity index (χ0n) is 10.7. The van der Waals surface area contributed by atoms with Crippen LogP contribution in [0.25, 0.3) is 0 Å². The van der Waals surface area contributed by atoms with Gasteiger partial charge in [0.1, 0.15) is 18.9 Å². The second-order valence-corrected chi connectivity index (χ2v) is 4.77. The third-order valence-electron chi connectivity index (χ3n) is 3.28. The highest BCUT2D eigenvalue weighted by Crippen LogP contribution is 2.22. The van der Waals surface area contributed by atoms with Gasteiger partial charge in [-0.05, 0) is 5.56 Å². The number of hydrogen-bond acceptors (Lipinski definition) is 4. The monoisotopic (exact) mass is 263 g/mol. The molecule has 1 amide bonds. The number of amides is 1. The summed E-state index contributed by atoms with van der Waals surface area (Å²) in [6, 6.07) is 9.65. The molecule has 0 saturated carbocycles. The van der Waals surface area contributed by atoms with Crippen LogP contribution in [-0.2, 0) is 20.8 Å². The molecule has 2 aliphatic rings. The maximum atomic E-state index is 11.9. The molecule has 2 aliphatic heterocycles. The molecule has 2 heterocycles. The van der Waals surface area contributed by atoms with Gasteiger partial charge in [0.25, 0.3) is 0 Å². The Bertz CT molecular complexity index is 432. The van der Waals surface area contributed by atoms with E-state index in [2.05, 4.69) is 0 Å². The first-order valence-electron chi connectivity index (χ1n) is 6.53.